The second-order valence-corrected chi connectivity index (χ2v) is 1.51. The number of oxazole rings is 1. The third-order valence-corrected chi connectivity index (χ3v) is 0.746. The molecule has 0 spiro atoms. The van der Waals surface area contributed by atoms with Gasteiger partial charge in [0, 0.05) is 14.1 Å². The van der Waals surface area contributed by atoms with Crippen molar-refractivity contribution in [2.24, 2.45) is 0 Å². The third kappa shape index (κ3) is 0.804. The van der Waals surface area contributed by atoms with Crippen molar-refractivity contribution >= 4 is 6.01 Å². The van der Waals surface area contributed by atoms with Crippen molar-refractivity contribution < 1.29 is 4.42 Å². The molecule has 0 fully saturated rings. The topological polar surface area (TPSA) is 29.3 Å². The van der Waals surface area contributed by atoms with Crippen LogP contribution in [0.5, 0.6) is 0 Å². The maximum Gasteiger partial charge on any atom is 0.296 e. The molecular weight excluding hydrogens is 104 g/mol. The molecule has 0 amide bonds. The Labute approximate surface area is 47.9 Å². The molecule has 0 aliphatic carbocycles. The van der Waals surface area contributed by atoms with Gasteiger partial charge in [-0.15, -0.1) is 0 Å². The highest BCUT2D eigenvalue weighted by Gasteiger charge is 1.95. The Kier molecular flexibility index (Phi) is 1.20. The summed E-state index contributed by atoms with van der Waals surface area (Å²) in [5, 5.41) is 0. The fourth-order valence-electron chi connectivity index (χ4n) is 0.404. The van der Waals surface area contributed by atoms with E-state index in [4.69, 9.17) is 4.42 Å². The molecule has 1 aromatic rings. The van der Waals surface area contributed by atoms with Crippen molar-refractivity contribution in [3.05, 3.63) is 19.5 Å². The highest BCUT2D eigenvalue weighted by atomic mass is 16.4. The van der Waals surface area contributed by atoms with Gasteiger partial charge in [0.2, 0.25) is 0 Å². The van der Waals surface area contributed by atoms with Crippen LogP contribution in [0, 0.1) is 7.05 Å². The fourth-order valence-corrected chi connectivity index (χ4v) is 0.404. The first kappa shape index (κ1) is 5.15. The van der Waals surface area contributed by atoms with Crippen molar-refractivity contribution in [2.45, 2.75) is 0 Å². The van der Waals surface area contributed by atoms with Crippen LogP contribution in [0.15, 0.2) is 16.9 Å². The van der Waals surface area contributed by atoms with E-state index in [-0.39, 0.29) is 0 Å². The molecule has 0 N–H and O–H groups in total. The zero-order valence-electron chi connectivity index (χ0n) is 4.66. The zero-order valence-corrected chi connectivity index (χ0v) is 4.66. The van der Waals surface area contributed by atoms with Gasteiger partial charge < -0.3 is 9.32 Å². The van der Waals surface area contributed by atoms with Gasteiger partial charge in [-0.1, -0.05) is 0 Å². The van der Waals surface area contributed by atoms with Crippen LogP contribution in [-0.4, -0.2) is 12.0 Å². The molecule has 0 saturated heterocycles. The van der Waals surface area contributed by atoms with E-state index in [1.54, 1.807) is 18.1 Å². The van der Waals surface area contributed by atoms with E-state index in [2.05, 4.69) is 12.0 Å². The first-order valence-electron chi connectivity index (χ1n) is 2.24. The van der Waals surface area contributed by atoms with Crippen molar-refractivity contribution in [2.75, 3.05) is 11.9 Å². The van der Waals surface area contributed by atoms with Gasteiger partial charge in [-0.2, -0.15) is 0 Å². The maximum atomic E-state index is 4.85. The molecule has 3 nitrogen and oxygen atoms in total. The van der Waals surface area contributed by atoms with Gasteiger partial charge in [0.15, 0.2) is 0 Å². The summed E-state index contributed by atoms with van der Waals surface area (Å²) in [6.45, 7) is 0. The van der Waals surface area contributed by atoms with Gasteiger partial charge in [0.05, 0.1) is 6.20 Å². The summed E-state index contributed by atoms with van der Waals surface area (Å²) in [5.74, 6) is 0. The number of hydrogen-bond acceptors (Lipinski definition) is 3. The molecule has 0 saturated carbocycles. The van der Waals surface area contributed by atoms with Gasteiger partial charge in [-0.3, -0.25) is 0 Å². The lowest BCUT2D eigenvalue weighted by Crippen LogP contribution is -2.04. The van der Waals surface area contributed by atoms with Crippen LogP contribution in [0.25, 0.3) is 0 Å². The lowest BCUT2D eigenvalue weighted by molar-refractivity contribution is 0.559. The quantitative estimate of drug-likeness (QED) is 0.539. The summed E-state index contributed by atoms with van der Waals surface area (Å²) in [6.07, 6.45) is 3.09. The van der Waals surface area contributed by atoms with Crippen molar-refractivity contribution in [3.8, 4) is 0 Å². The molecule has 43 valence electrons. The number of hydrogen-bond donors (Lipinski definition) is 0. The summed E-state index contributed by atoms with van der Waals surface area (Å²) >= 11 is 0. The minimum absolute atomic E-state index is 0.532. The van der Waals surface area contributed by atoms with Crippen LogP contribution < -0.4 is 4.90 Å². The van der Waals surface area contributed by atoms with Gasteiger partial charge in [-0.25, -0.2) is 4.98 Å². The predicted molar refractivity (Wildman–Crippen MR) is 30.3 cm³/mol. The van der Waals surface area contributed by atoms with Crippen LogP contribution in [-0.2, 0) is 0 Å². The molecule has 0 aliphatic rings. The molecule has 3 heteroatoms. The predicted octanol–water partition coefficient (Wildman–Crippen LogP) is 0.902. The molecule has 0 aromatic carbocycles. The number of nitrogens with zero attached hydrogens (tertiary/aromatic N) is 2. The molecule has 0 aliphatic heterocycles. The van der Waals surface area contributed by atoms with Crippen LogP contribution in [0.4, 0.5) is 6.01 Å². The standard InChI is InChI=1S/C5H7N2O/c1-7(2)5-6-3-4-8-5/h3-4H,1H2,2H3. The molecule has 0 unspecified atom stereocenters. The second kappa shape index (κ2) is 1.86. The molecule has 1 radical (unpaired) electrons. The maximum absolute atomic E-state index is 4.85. The zero-order chi connectivity index (χ0) is 5.98. The Balaban J connectivity index is 2.77. The van der Waals surface area contributed by atoms with Crippen LogP contribution in [0.3, 0.4) is 0 Å². The lowest BCUT2D eigenvalue weighted by Gasteiger charge is -2.02. The highest BCUT2D eigenvalue weighted by molar-refractivity contribution is 5.22. The minimum Gasteiger partial charge on any atom is -0.432 e. The monoisotopic (exact) mass is 111 g/mol. The summed E-state index contributed by atoms with van der Waals surface area (Å²) in [4.78, 5) is 5.37. The molecule has 1 rings (SSSR count). The Morgan fingerprint density at radius 1 is 1.88 bits per heavy atom. The van der Waals surface area contributed by atoms with Crippen LogP contribution in [0.2, 0.25) is 0 Å². The highest BCUT2D eigenvalue weighted by Crippen LogP contribution is 2.04. The second-order valence-electron chi connectivity index (χ2n) is 1.51. The first-order chi connectivity index (χ1) is 3.80. The number of rotatable bonds is 1. The van der Waals surface area contributed by atoms with E-state index in [0.29, 0.717) is 6.01 Å². The van der Waals surface area contributed by atoms with E-state index < -0.39 is 0 Å². The van der Waals surface area contributed by atoms with Crippen LogP contribution in [0.1, 0.15) is 0 Å². The van der Waals surface area contributed by atoms with Gasteiger partial charge in [-0.05, 0) is 0 Å². The van der Waals surface area contributed by atoms with E-state index in [0.717, 1.165) is 0 Å². The molecule has 0 bridgehead atoms. The Hall–Kier alpha value is -0.990. The van der Waals surface area contributed by atoms with Gasteiger partial charge in [0.25, 0.3) is 6.01 Å². The number of aromatic nitrogens is 1. The number of anilines is 1. The van der Waals surface area contributed by atoms with Crippen molar-refractivity contribution in [1.29, 1.82) is 0 Å². The normalized spacial score (nSPS) is 9.25. The molecule has 1 aromatic heterocycles. The van der Waals surface area contributed by atoms with E-state index >= 15 is 0 Å². The lowest BCUT2D eigenvalue weighted by atomic mass is 10.9. The van der Waals surface area contributed by atoms with E-state index in [1.807, 2.05) is 0 Å². The summed E-state index contributed by atoms with van der Waals surface area (Å²) in [5.41, 5.74) is 0. The fraction of sp³-hybridized carbons (Fsp3) is 0.200. The Morgan fingerprint density at radius 2 is 2.62 bits per heavy atom. The summed E-state index contributed by atoms with van der Waals surface area (Å²) in [7, 11) is 5.33. The average Bonchev–Trinajstić information content (AvgIpc) is 2.12. The summed E-state index contributed by atoms with van der Waals surface area (Å²) in [6, 6.07) is 0.532. The largest absolute Gasteiger partial charge is 0.432 e. The molecule has 1 heterocycles. The van der Waals surface area contributed by atoms with Gasteiger partial charge >= 0.3 is 0 Å². The summed E-state index contributed by atoms with van der Waals surface area (Å²) < 4.78 is 4.85. The Morgan fingerprint density at radius 3 is 2.88 bits per heavy atom. The SMILES string of the molecule is [CH2]N(C)c1ncco1. The molecule has 0 atom stereocenters. The molecular formula is C5H7N2O. The van der Waals surface area contributed by atoms with E-state index in [1.165, 1.54) is 6.26 Å². The third-order valence-electron chi connectivity index (χ3n) is 0.746. The first-order valence-corrected chi connectivity index (χ1v) is 2.24. The Bertz CT molecular complexity index is 145. The van der Waals surface area contributed by atoms with Gasteiger partial charge in [0.1, 0.15) is 6.26 Å². The smallest absolute Gasteiger partial charge is 0.296 e. The average molecular weight is 111 g/mol. The minimum atomic E-state index is 0.532. The van der Waals surface area contributed by atoms with Crippen molar-refractivity contribution in [3.63, 3.8) is 0 Å². The van der Waals surface area contributed by atoms with Crippen LogP contribution >= 0.6 is 0 Å². The van der Waals surface area contributed by atoms with E-state index in [9.17, 15) is 0 Å². The molecule has 8 heavy (non-hydrogen) atoms. The van der Waals surface area contributed by atoms with Crippen molar-refractivity contribution in [1.82, 2.24) is 4.98 Å².